The molecule has 0 spiro atoms. The third kappa shape index (κ3) is 4.14. The lowest BCUT2D eigenvalue weighted by Crippen LogP contribution is -2.23. The zero-order chi connectivity index (χ0) is 20.3. The third-order valence-electron chi connectivity index (χ3n) is 4.44. The van der Waals surface area contributed by atoms with E-state index in [1.54, 1.807) is 31.2 Å². The van der Waals surface area contributed by atoms with Crippen molar-refractivity contribution < 1.29 is 9.59 Å². The van der Waals surface area contributed by atoms with Gasteiger partial charge in [-0.15, -0.1) is 10.2 Å². The van der Waals surface area contributed by atoms with Gasteiger partial charge in [0.25, 0.3) is 0 Å². The first-order valence-electron chi connectivity index (χ1n) is 8.91. The number of hydrogen-bond acceptors (Lipinski definition) is 5. The number of para-hydroxylation sites is 1. The standard InChI is InChI=1S/C21H22N4O2S/c1-13-9-5-6-10-16(13)19-23-24-21(25(19)4)28-15(3)20(27)22-18-12-8-7-11-17(18)14(2)26/h5-12,15H,1-4H3,(H,22,27)/t15-/m1/s1. The molecule has 28 heavy (non-hydrogen) atoms. The molecule has 7 heteroatoms. The topological polar surface area (TPSA) is 76.9 Å². The quantitative estimate of drug-likeness (QED) is 0.503. The molecule has 0 saturated carbocycles. The number of nitrogens with zero attached hydrogens (tertiary/aromatic N) is 3. The Bertz CT molecular complexity index is 1030. The number of ketones is 1. The maximum Gasteiger partial charge on any atom is 0.237 e. The Hall–Kier alpha value is -2.93. The van der Waals surface area contributed by atoms with Crippen LogP contribution in [-0.4, -0.2) is 31.7 Å². The van der Waals surface area contributed by atoms with Crippen molar-refractivity contribution >= 4 is 29.1 Å². The molecular weight excluding hydrogens is 372 g/mol. The fourth-order valence-corrected chi connectivity index (χ4v) is 3.64. The lowest BCUT2D eigenvalue weighted by molar-refractivity contribution is -0.115. The number of carbonyl (C=O) groups excluding carboxylic acids is 2. The summed E-state index contributed by atoms with van der Waals surface area (Å²) in [7, 11) is 1.89. The predicted octanol–water partition coefficient (Wildman–Crippen LogP) is 4.11. The van der Waals surface area contributed by atoms with Gasteiger partial charge >= 0.3 is 0 Å². The number of anilines is 1. The van der Waals surface area contributed by atoms with Crippen LogP contribution in [0.2, 0.25) is 0 Å². The lowest BCUT2D eigenvalue weighted by Gasteiger charge is -2.13. The minimum atomic E-state index is -0.410. The van der Waals surface area contributed by atoms with Gasteiger partial charge in [-0.3, -0.25) is 9.59 Å². The summed E-state index contributed by atoms with van der Waals surface area (Å²) in [4.78, 5) is 24.4. The molecule has 1 N–H and O–H groups in total. The van der Waals surface area contributed by atoms with Crippen LogP contribution in [0.4, 0.5) is 5.69 Å². The van der Waals surface area contributed by atoms with Crippen LogP contribution in [0.5, 0.6) is 0 Å². The Morgan fingerprint density at radius 3 is 2.46 bits per heavy atom. The Morgan fingerprint density at radius 2 is 1.75 bits per heavy atom. The molecule has 3 aromatic rings. The Labute approximate surface area is 168 Å². The molecule has 0 aliphatic carbocycles. The summed E-state index contributed by atoms with van der Waals surface area (Å²) >= 11 is 1.33. The molecule has 0 radical (unpaired) electrons. The molecule has 0 aliphatic rings. The lowest BCUT2D eigenvalue weighted by atomic mass is 10.1. The van der Waals surface area contributed by atoms with E-state index < -0.39 is 5.25 Å². The second-order valence-corrected chi connectivity index (χ2v) is 7.84. The number of aromatic nitrogens is 3. The normalized spacial score (nSPS) is 11.9. The molecule has 3 rings (SSSR count). The Kier molecular flexibility index (Phi) is 5.94. The molecule has 1 aromatic heterocycles. The van der Waals surface area contributed by atoms with E-state index in [2.05, 4.69) is 15.5 Å². The summed E-state index contributed by atoms with van der Waals surface area (Å²) in [6.07, 6.45) is 0. The summed E-state index contributed by atoms with van der Waals surface area (Å²) in [6.45, 7) is 5.31. The Balaban J connectivity index is 1.75. The van der Waals surface area contributed by atoms with Crippen LogP contribution in [0.15, 0.2) is 53.7 Å². The van der Waals surface area contributed by atoms with Crippen LogP contribution in [0, 0.1) is 6.92 Å². The smallest absolute Gasteiger partial charge is 0.237 e. The summed E-state index contributed by atoms with van der Waals surface area (Å²) in [6, 6.07) is 15.0. The number of amides is 1. The van der Waals surface area contributed by atoms with Gasteiger partial charge in [0, 0.05) is 18.2 Å². The van der Waals surface area contributed by atoms with Crippen molar-refractivity contribution in [2.45, 2.75) is 31.2 Å². The molecule has 1 amide bonds. The van der Waals surface area contributed by atoms with E-state index in [0.29, 0.717) is 16.4 Å². The van der Waals surface area contributed by atoms with Crippen molar-refractivity contribution in [1.82, 2.24) is 14.8 Å². The maximum atomic E-state index is 12.6. The average molecular weight is 395 g/mol. The van der Waals surface area contributed by atoms with Crippen molar-refractivity contribution in [2.24, 2.45) is 7.05 Å². The molecule has 0 saturated heterocycles. The van der Waals surface area contributed by atoms with E-state index in [4.69, 9.17) is 0 Å². The molecule has 0 unspecified atom stereocenters. The minimum absolute atomic E-state index is 0.0904. The van der Waals surface area contributed by atoms with Crippen molar-refractivity contribution in [3.8, 4) is 11.4 Å². The number of nitrogens with one attached hydrogen (secondary N) is 1. The minimum Gasteiger partial charge on any atom is -0.324 e. The number of hydrogen-bond donors (Lipinski definition) is 1. The van der Waals surface area contributed by atoms with Gasteiger partial charge in [0.2, 0.25) is 5.91 Å². The van der Waals surface area contributed by atoms with Gasteiger partial charge < -0.3 is 9.88 Å². The third-order valence-corrected chi connectivity index (χ3v) is 5.57. The zero-order valence-electron chi connectivity index (χ0n) is 16.3. The number of benzene rings is 2. The zero-order valence-corrected chi connectivity index (χ0v) is 17.1. The number of aryl methyl sites for hydroxylation is 1. The summed E-state index contributed by atoms with van der Waals surface area (Å²) in [5, 5.41) is 11.6. The highest BCUT2D eigenvalue weighted by atomic mass is 32.2. The van der Waals surface area contributed by atoms with E-state index >= 15 is 0 Å². The van der Waals surface area contributed by atoms with Crippen molar-refractivity contribution in [2.75, 3.05) is 5.32 Å². The van der Waals surface area contributed by atoms with Crippen LogP contribution in [0.3, 0.4) is 0 Å². The molecule has 2 aromatic carbocycles. The van der Waals surface area contributed by atoms with E-state index in [0.717, 1.165) is 17.0 Å². The van der Waals surface area contributed by atoms with E-state index in [1.165, 1.54) is 18.7 Å². The summed E-state index contributed by atoms with van der Waals surface area (Å²) in [5.41, 5.74) is 3.14. The van der Waals surface area contributed by atoms with Crippen molar-refractivity contribution in [3.05, 3.63) is 59.7 Å². The highest BCUT2D eigenvalue weighted by Crippen LogP contribution is 2.28. The predicted molar refractivity (Wildman–Crippen MR) is 112 cm³/mol. The molecular formula is C21H22N4O2S. The second kappa shape index (κ2) is 8.39. The van der Waals surface area contributed by atoms with Gasteiger partial charge in [-0.25, -0.2) is 0 Å². The largest absolute Gasteiger partial charge is 0.324 e. The first kappa shape index (κ1) is 19.8. The highest BCUT2D eigenvalue weighted by molar-refractivity contribution is 8.00. The van der Waals surface area contributed by atoms with Crippen LogP contribution >= 0.6 is 11.8 Å². The first-order chi connectivity index (χ1) is 13.4. The van der Waals surface area contributed by atoms with Crippen LogP contribution in [0.25, 0.3) is 11.4 Å². The van der Waals surface area contributed by atoms with Crippen LogP contribution in [0.1, 0.15) is 29.8 Å². The fraction of sp³-hybridized carbons (Fsp3) is 0.238. The van der Waals surface area contributed by atoms with Gasteiger partial charge in [0.05, 0.1) is 10.9 Å². The van der Waals surface area contributed by atoms with E-state index in [9.17, 15) is 9.59 Å². The van der Waals surface area contributed by atoms with Crippen LogP contribution in [-0.2, 0) is 11.8 Å². The second-order valence-electron chi connectivity index (χ2n) is 6.53. The molecule has 1 atom stereocenters. The molecule has 0 fully saturated rings. The SMILES string of the molecule is CC(=O)c1ccccc1NC(=O)[C@@H](C)Sc1nnc(-c2ccccc2C)n1C. The first-order valence-corrected chi connectivity index (χ1v) is 9.79. The number of carbonyl (C=O) groups is 2. The highest BCUT2D eigenvalue weighted by Gasteiger charge is 2.21. The molecule has 0 bridgehead atoms. The maximum absolute atomic E-state index is 12.6. The van der Waals surface area contributed by atoms with Crippen LogP contribution < -0.4 is 5.32 Å². The molecule has 144 valence electrons. The van der Waals surface area contributed by atoms with Gasteiger partial charge in [0.15, 0.2) is 16.8 Å². The molecule has 1 heterocycles. The van der Waals surface area contributed by atoms with Gasteiger partial charge in [-0.2, -0.15) is 0 Å². The monoisotopic (exact) mass is 394 g/mol. The Morgan fingerprint density at radius 1 is 1.07 bits per heavy atom. The summed E-state index contributed by atoms with van der Waals surface area (Å²) in [5.74, 6) is 0.474. The van der Waals surface area contributed by atoms with Gasteiger partial charge in [0.1, 0.15) is 0 Å². The fourth-order valence-electron chi connectivity index (χ4n) is 2.82. The van der Waals surface area contributed by atoms with Crippen molar-refractivity contribution in [3.63, 3.8) is 0 Å². The molecule has 6 nitrogen and oxygen atoms in total. The van der Waals surface area contributed by atoms with Gasteiger partial charge in [-0.05, 0) is 38.5 Å². The number of rotatable bonds is 6. The van der Waals surface area contributed by atoms with E-state index in [-0.39, 0.29) is 11.7 Å². The average Bonchev–Trinajstić information content (AvgIpc) is 3.02. The van der Waals surface area contributed by atoms with E-state index in [1.807, 2.05) is 42.8 Å². The molecule has 0 aliphatic heterocycles. The van der Waals surface area contributed by atoms with Crippen molar-refractivity contribution in [1.29, 1.82) is 0 Å². The van der Waals surface area contributed by atoms with Gasteiger partial charge in [-0.1, -0.05) is 48.2 Å². The number of thioether (sulfide) groups is 1. The number of Topliss-reactive ketones (excluding diaryl/α,β-unsaturated/α-hetero) is 1. The summed E-state index contributed by atoms with van der Waals surface area (Å²) < 4.78 is 1.89.